The third-order valence-electron chi connectivity index (χ3n) is 11.8. The van der Waals surface area contributed by atoms with Gasteiger partial charge in [0.1, 0.15) is 0 Å². The van der Waals surface area contributed by atoms with Gasteiger partial charge < -0.3 is 4.90 Å². The smallest absolute Gasteiger partial charge is 0.0640 e. The molecule has 10 aromatic carbocycles. The van der Waals surface area contributed by atoms with Crippen LogP contribution in [0.3, 0.4) is 0 Å². The van der Waals surface area contributed by atoms with Gasteiger partial charge in [-0.3, -0.25) is 0 Å². The van der Waals surface area contributed by atoms with Gasteiger partial charge >= 0.3 is 0 Å². The first kappa shape index (κ1) is 34.0. The molecule has 0 aliphatic carbocycles. The minimum Gasteiger partial charge on any atom is -0.308 e. The third-order valence-corrected chi connectivity index (χ3v) is 14.2. The molecule has 2 aromatic heterocycles. The second-order valence-electron chi connectivity index (χ2n) is 15.2. The van der Waals surface area contributed by atoms with E-state index in [1.54, 1.807) is 0 Å². The van der Waals surface area contributed by atoms with Crippen LogP contribution in [-0.2, 0) is 0 Å². The van der Waals surface area contributed by atoms with Crippen molar-refractivity contribution < 1.29 is 0 Å². The molecule has 0 aliphatic heterocycles. The Morgan fingerprint density at radius 1 is 0.288 bits per heavy atom. The Balaban J connectivity index is 1.14. The summed E-state index contributed by atoms with van der Waals surface area (Å²) in [6.45, 7) is 0. The molecule has 59 heavy (non-hydrogen) atoms. The number of nitrogens with zero attached hydrogens (tertiary/aromatic N) is 1. The van der Waals surface area contributed by atoms with Crippen molar-refractivity contribution in [1.82, 2.24) is 0 Å². The van der Waals surface area contributed by atoms with Crippen LogP contribution in [0.1, 0.15) is 0 Å². The highest BCUT2D eigenvalue weighted by Crippen LogP contribution is 2.49. The lowest BCUT2D eigenvalue weighted by molar-refractivity contribution is 1.30. The summed E-state index contributed by atoms with van der Waals surface area (Å²) in [7, 11) is 0. The van der Waals surface area contributed by atoms with Crippen molar-refractivity contribution in [1.29, 1.82) is 0 Å². The minimum atomic E-state index is 1.11. The van der Waals surface area contributed by atoms with Crippen LogP contribution in [0, 0.1) is 0 Å². The van der Waals surface area contributed by atoms with Crippen LogP contribution in [0.2, 0.25) is 0 Å². The highest BCUT2D eigenvalue weighted by molar-refractivity contribution is 7.26. The van der Waals surface area contributed by atoms with Crippen molar-refractivity contribution in [2.75, 3.05) is 4.90 Å². The van der Waals surface area contributed by atoms with Gasteiger partial charge in [0.15, 0.2) is 0 Å². The summed E-state index contributed by atoms with van der Waals surface area (Å²) in [5.74, 6) is 0. The first-order chi connectivity index (χ1) is 29.2. The molecule has 0 saturated heterocycles. The molecule has 0 bridgehead atoms. The molecule has 0 atom stereocenters. The second kappa shape index (κ2) is 13.8. The lowest BCUT2D eigenvalue weighted by Crippen LogP contribution is -2.12. The molecule has 276 valence electrons. The van der Waals surface area contributed by atoms with Gasteiger partial charge in [0.25, 0.3) is 0 Å². The lowest BCUT2D eigenvalue weighted by Gasteiger charge is -2.29. The molecule has 3 heteroatoms. The maximum absolute atomic E-state index is 2.52. The Morgan fingerprint density at radius 2 is 0.898 bits per heavy atom. The molecular weight excluding hydrogens is 751 g/mol. The van der Waals surface area contributed by atoms with E-state index in [-0.39, 0.29) is 0 Å². The van der Waals surface area contributed by atoms with Crippen molar-refractivity contribution in [3.8, 4) is 33.4 Å². The van der Waals surface area contributed by atoms with E-state index in [1.165, 1.54) is 95.3 Å². The summed E-state index contributed by atoms with van der Waals surface area (Å²) in [6.07, 6.45) is 0. The van der Waals surface area contributed by atoms with Crippen LogP contribution in [0.25, 0.3) is 95.3 Å². The molecule has 12 aromatic rings. The van der Waals surface area contributed by atoms with Crippen molar-refractivity contribution in [3.63, 3.8) is 0 Å². The summed E-state index contributed by atoms with van der Waals surface area (Å²) < 4.78 is 5.20. The predicted octanol–water partition coefficient (Wildman–Crippen LogP) is 17.2. The summed E-state index contributed by atoms with van der Waals surface area (Å²) in [5.41, 5.74) is 10.6. The van der Waals surface area contributed by atoms with Crippen LogP contribution in [0.4, 0.5) is 17.1 Å². The monoisotopic (exact) mass is 785 g/mol. The van der Waals surface area contributed by atoms with Gasteiger partial charge in [-0.25, -0.2) is 0 Å². The molecular formula is C56H35NS2. The molecule has 0 spiro atoms. The topological polar surface area (TPSA) is 3.24 Å². The van der Waals surface area contributed by atoms with Gasteiger partial charge in [0, 0.05) is 46.9 Å². The molecule has 0 fully saturated rings. The zero-order valence-corrected chi connectivity index (χ0v) is 33.6. The second-order valence-corrected chi connectivity index (χ2v) is 17.4. The van der Waals surface area contributed by atoms with Gasteiger partial charge in [-0.05, 0) is 104 Å². The van der Waals surface area contributed by atoms with Crippen LogP contribution in [0.15, 0.2) is 212 Å². The number of hydrogen-bond acceptors (Lipinski definition) is 3. The van der Waals surface area contributed by atoms with Crippen molar-refractivity contribution in [2.24, 2.45) is 0 Å². The first-order valence-corrected chi connectivity index (χ1v) is 21.7. The molecule has 0 unspecified atom stereocenters. The number of rotatable bonds is 6. The Hall–Kier alpha value is -7.04. The summed E-state index contributed by atoms with van der Waals surface area (Å²) >= 11 is 3.74. The first-order valence-electron chi connectivity index (χ1n) is 20.1. The van der Waals surface area contributed by atoms with E-state index in [2.05, 4.69) is 217 Å². The van der Waals surface area contributed by atoms with Gasteiger partial charge in [-0.1, -0.05) is 158 Å². The molecule has 0 aliphatic rings. The molecule has 0 amide bonds. The van der Waals surface area contributed by atoms with Crippen LogP contribution >= 0.6 is 22.7 Å². The average Bonchev–Trinajstić information content (AvgIpc) is 3.88. The summed E-state index contributed by atoms with van der Waals surface area (Å²) in [6, 6.07) is 78.4. The zero-order valence-electron chi connectivity index (χ0n) is 32.0. The van der Waals surface area contributed by atoms with E-state index in [9.17, 15) is 0 Å². The summed E-state index contributed by atoms with van der Waals surface area (Å²) in [5, 5.41) is 10.2. The normalized spacial score (nSPS) is 11.7. The number of fused-ring (bicyclic) bond motifs is 9. The molecule has 1 nitrogen and oxygen atoms in total. The maximum Gasteiger partial charge on any atom is 0.0640 e. The zero-order chi connectivity index (χ0) is 38.9. The standard InChI is InChI=1S/C56H35NS2/c1-2-14-36(15-3-1)43-30-28-40(49-34-39-16-4-5-19-42(39)44-20-6-7-21-45(44)49)35-52(43)57(51-25-13-24-48-46-22-8-11-27-54(46)59-56(48)51)41-18-12-17-37(32-41)38-29-31-55-50(33-38)47-23-9-10-26-53(47)58-55/h1-35H. The van der Waals surface area contributed by atoms with Crippen molar-refractivity contribution in [2.45, 2.75) is 0 Å². The van der Waals surface area contributed by atoms with Gasteiger partial charge in [-0.15, -0.1) is 22.7 Å². The van der Waals surface area contributed by atoms with E-state index in [1.807, 2.05) is 22.7 Å². The quantitative estimate of drug-likeness (QED) is 0.152. The number of hydrogen-bond donors (Lipinski definition) is 0. The van der Waals surface area contributed by atoms with Gasteiger partial charge in [0.2, 0.25) is 0 Å². The van der Waals surface area contributed by atoms with E-state index < -0.39 is 0 Å². The largest absolute Gasteiger partial charge is 0.308 e. The van der Waals surface area contributed by atoms with E-state index in [4.69, 9.17) is 0 Å². The SMILES string of the molecule is c1ccc(-c2ccc(-c3cc4ccccc4c4ccccc34)cc2N(c2cccc(-c3ccc4sc5ccccc5c4c3)c2)c2cccc3c2sc2ccccc23)cc1. The Labute approximate surface area is 350 Å². The Bertz CT molecular complexity index is 3580. The lowest BCUT2D eigenvalue weighted by atomic mass is 9.91. The summed E-state index contributed by atoms with van der Waals surface area (Å²) in [4.78, 5) is 2.52. The third kappa shape index (κ3) is 5.66. The molecule has 0 radical (unpaired) electrons. The van der Waals surface area contributed by atoms with Crippen molar-refractivity contribution >= 4 is 102 Å². The molecule has 0 saturated carbocycles. The van der Waals surface area contributed by atoms with Gasteiger partial charge in [0.05, 0.1) is 16.1 Å². The van der Waals surface area contributed by atoms with Gasteiger partial charge in [-0.2, -0.15) is 0 Å². The highest BCUT2D eigenvalue weighted by Gasteiger charge is 2.23. The maximum atomic E-state index is 2.52. The van der Waals surface area contributed by atoms with Crippen LogP contribution in [-0.4, -0.2) is 0 Å². The number of benzene rings is 10. The predicted molar refractivity (Wildman–Crippen MR) is 258 cm³/mol. The van der Waals surface area contributed by atoms with Crippen molar-refractivity contribution in [3.05, 3.63) is 212 Å². The van der Waals surface area contributed by atoms with Crippen LogP contribution in [0.5, 0.6) is 0 Å². The minimum absolute atomic E-state index is 1.11. The molecule has 12 rings (SSSR count). The fourth-order valence-corrected chi connectivity index (χ4v) is 11.4. The number of anilines is 3. The highest BCUT2D eigenvalue weighted by atomic mass is 32.1. The Morgan fingerprint density at radius 3 is 1.75 bits per heavy atom. The van der Waals surface area contributed by atoms with Crippen LogP contribution < -0.4 is 4.90 Å². The van der Waals surface area contributed by atoms with E-state index in [0.29, 0.717) is 0 Å². The fraction of sp³-hybridized carbons (Fsp3) is 0. The number of thiophene rings is 2. The van der Waals surface area contributed by atoms with E-state index in [0.717, 1.165) is 17.1 Å². The average molecular weight is 786 g/mol. The molecule has 2 heterocycles. The fourth-order valence-electron chi connectivity index (χ4n) is 9.09. The molecule has 0 N–H and O–H groups in total. The van der Waals surface area contributed by atoms with E-state index >= 15 is 0 Å². The Kier molecular flexibility index (Phi) is 7.97.